The number of halogens is 1. The van der Waals surface area contributed by atoms with Gasteiger partial charge in [-0.15, -0.1) is 11.3 Å². The molecule has 1 aliphatic rings. The van der Waals surface area contributed by atoms with E-state index in [0.717, 1.165) is 20.2 Å². The highest BCUT2D eigenvalue weighted by molar-refractivity contribution is 7.99. The molecule has 1 aromatic heterocycles. The van der Waals surface area contributed by atoms with E-state index in [1.165, 1.54) is 12.1 Å². The summed E-state index contributed by atoms with van der Waals surface area (Å²) < 4.78 is 14.0. The SMILES string of the molecule is O=C(NCc1cccs1)c1ccc2c(c1)N=C(c1cccc(F)c1)c1ccccc1S2. The molecule has 31 heavy (non-hydrogen) atoms. The van der Waals surface area contributed by atoms with Gasteiger partial charge in [-0.1, -0.05) is 48.2 Å². The van der Waals surface area contributed by atoms with Gasteiger partial charge in [0.2, 0.25) is 0 Å². The van der Waals surface area contributed by atoms with Gasteiger partial charge in [0, 0.05) is 31.4 Å². The average molecular weight is 445 g/mol. The standard InChI is InChI=1S/C25H17FN2OS2/c26-18-6-3-5-16(13-18)24-20-8-1-2-9-22(20)31-23-11-10-17(14-21(23)28-24)25(29)27-15-19-7-4-12-30-19/h1-14H,15H2,(H,27,29). The molecule has 0 spiro atoms. The number of nitrogens with one attached hydrogen (secondary N) is 1. The molecule has 3 aromatic carbocycles. The fourth-order valence-corrected chi connectivity index (χ4v) is 5.07. The number of carbonyl (C=O) groups excluding carboxylic acids is 1. The number of fused-ring (bicyclic) bond motifs is 2. The van der Waals surface area contributed by atoms with Crippen LogP contribution in [-0.2, 0) is 6.54 Å². The van der Waals surface area contributed by atoms with Gasteiger partial charge in [-0.2, -0.15) is 0 Å². The first-order valence-electron chi connectivity index (χ1n) is 9.74. The summed E-state index contributed by atoms with van der Waals surface area (Å²) in [6.45, 7) is 0.492. The minimum Gasteiger partial charge on any atom is -0.347 e. The molecule has 0 radical (unpaired) electrons. The number of benzene rings is 3. The lowest BCUT2D eigenvalue weighted by Gasteiger charge is -2.09. The molecule has 0 saturated carbocycles. The Morgan fingerprint density at radius 1 is 0.935 bits per heavy atom. The van der Waals surface area contributed by atoms with Gasteiger partial charge in [-0.05, 0) is 47.8 Å². The third-order valence-electron chi connectivity index (χ3n) is 4.92. The van der Waals surface area contributed by atoms with Crippen molar-refractivity contribution in [3.05, 3.63) is 112 Å². The van der Waals surface area contributed by atoms with Gasteiger partial charge in [0.25, 0.3) is 5.91 Å². The Morgan fingerprint density at radius 3 is 2.68 bits per heavy atom. The van der Waals surface area contributed by atoms with Gasteiger partial charge >= 0.3 is 0 Å². The van der Waals surface area contributed by atoms with E-state index in [1.807, 2.05) is 60.0 Å². The van der Waals surface area contributed by atoms with Crippen LogP contribution in [0.3, 0.4) is 0 Å². The van der Waals surface area contributed by atoms with Crippen molar-refractivity contribution in [2.24, 2.45) is 4.99 Å². The van der Waals surface area contributed by atoms with Gasteiger partial charge in [-0.25, -0.2) is 9.38 Å². The topological polar surface area (TPSA) is 41.5 Å². The Bertz CT molecular complexity index is 1300. The second-order valence-electron chi connectivity index (χ2n) is 7.01. The molecule has 3 nitrogen and oxygen atoms in total. The Balaban J connectivity index is 1.54. The summed E-state index contributed by atoms with van der Waals surface area (Å²) in [4.78, 5) is 20.7. The zero-order valence-corrected chi connectivity index (χ0v) is 18.0. The van der Waals surface area contributed by atoms with Gasteiger partial charge < -0.3 is 5.32 Å². The van der Waals surface area contributed by atoms with Crippen molar-refractivity contribution in [1.82, 2.24) is 5.32 Å². The molecule has 6 heteroatoms. The molecule has 152 valence electrons. The first-order valence-corrected chi connectivity index (χ1v) is 11.4. The molecule has 0 bridgehead atoms. The van der Waals surface area contributed by atoms with Gasteiger partial charge in [0.1, 0.15) is 5.82 Å². The summed E-state index contributed by atoms with van der Waals surface area (Å²) in [7, 11) is 0. The number of hydrogen-bond donors (Lipinski definition) is 1. The smallest absolute Gasteiger partial charge is 0.251 e. The molecule has 4 aromatic rings. The molecule has 0 fully saturated rings. The van der Waals surface area contributed by atoms with E-state index < -0.39 is 0 Å². The highest BCUT2D eigenvalue weighted by Gasteiger charge is 2.20. The van der Waals surface area contributed by atoms with Crippen molar-refractivity contribution < 1.29 is 9.18 Å². The Labute approximate surface area is 187 Å². The third-order valence-corrected chi connectivity index (χ3v) is 6.93. The number of amides is 1. The summed E-state index contributed by atoms with van der Waals surface area (Å²) in [5, 5.41) is 4.95. The largest absolute Gasteiger partial charge is 0.347 e. The average Bonchev–Trinajstić information content (AvgIpc) is 3.25. The predicted octanol–water partition coefficient (Wildman–Crippen LogP) is 6.45. The van der Waals surface area contributed by atoms with Crippen LogP contribution in [0, 0.1) is 5.82 Å². The molecule has 0 saturated heterocycles. The summed E-state index contributed by atoms with van der Waals surface area (Å²) >= 11 is 3.21. The molecular weight excluding hydrogens is 427 g/mol. The van der Waals surface area contributed by atoms with Crippen LogP contribution in [0.1, 0.15) is 26.4 Å². The maximum atomic E-state index is 14.0. The minimum atomic E-state index is -0.309. The van der Waals surface area contributed by atoms with E-state index in [-0.39, 0.29) is 11.7 Å². The van der Waals surface area contributed by atoms with E-state index in [1.54, 1.807) is 35.2 Å². The van der Waals surface area contributed by atoms with Crippen molar-refractivity contribution in [3.63, 3.8) is 0 Å². The molecule has 2 heterocycles. The molecule has 0 unspecified atom stereocenters. The fourth-order valence-electron chi connectivity index (χ4n) is 3.42. The van der Waals surface area contributed by atoms with E-state index in [2.05, 4.69) is 5.32 Å². The molecule has 5 rings (SSSR count). The van der Waals surface area contributed by atoms with Crippen LogP contribution < -0.4 is 5.32 Å². The van der Waals surface area contributed by atoms with Gasteiger partial charge in [0.05, 0.1) is 17.9 Å². The van der Waals surface area contributed by atoms with Crippen LogP contribution in [-0.4, -0.2) is 11.6 Å². The van der Waals surface area contributed by atoms with Crippen molar-refractivity contribution in [1.29, 1.82) is 0 Å². The number of carbonyl (C=O) groups is 1. The van der Waals surface area contributed by atoms with Crippen LogP contribution >= 0.6 is 23.1 Å². The Hall–Kier alpha value is -3.22. The van der Waals surface area contributed by atoms with Gasteiger partial charge in [-0.3, -0.25) is 4.79 Å². The van der Waals surface area contributed by atoms with Crippen molar-refractivity contribution in [2.75, 3.05) is 0 Å². The summed E-state index contributed by atoms with van der Waals surface area (Å²) in [5.41, 5.74) is 3.58. The van der Waals surface area contributed by atoms with Gasteiger partial charge in [0.15, 0.2) is 0 Å². The Morgan fingerprint density at radius 2 is 1.84 bits per heavy atom. The van der Waals surface area contributed by atoms with Crippen molar-refractivity contribution in [3.8, 4) is 0 Å². The number of hydrogen-bond acceptors (Lipinski definition) is 4. The third kappa shape index (κ3) is 4.17. The summed E-state index contributed by atoms with van der Waals surface area (Å²) in [6.07, 6.45) is 0. The zero-order valence-electron chi connectivity index (χ0n) is 16.3. The fraction of sp³-hybridized carbons (Fsp3) is 0.0400. The Kier molecular flexibility index (Phi) is 5.40. The lowest BCUT2D eigenvalue weighted by atomic mass is 10.0. The number of nitrogens with zero attached hydrogens (tertiary/aromatic N) is 1. The van der Waals surface area contributed by atoms with E-state index in [0.29, 0.717) is 29.1 Å². The summed E-state index contributed by atoms with van der Waals surface area (Å²) in [5.74, 6) is -0.457. The zero-order chi connectivity index (χ0) is 21.2. The number of thiophene rings is 1. The lowest BCUT2D eigenvalue weighted by Crippen LogP contribution is -2.22. The van der Waals surface area contributed by atoms with Crippen LogP contribution in [0.15, 0.2) is 99.0 Å². The quantitative estimate of drug-likeness (QED) is 0.346. The number of rotatable bonds is 4. The van der Waals surface area contributed by atoms with Crippen molar-refractivity contribution in [2.45, 2.75) is 16.3 Å². The van der Waals surface area contributed by atoms with E-state index in [4.69, 9.17) is 4.99 Å². The van der Waals surface area contributed by atoms with E-state index >= 15 is 0 Å². The van der Waals surface area contributed by atoms with E-state index in [9.17, 15) is 9.18 Å². The predicted molar refractivity (Wildman–Crippen MR) is 124 cm³/mol. The normalized spacial score (nSPS) is 12.4. The molecule has 1 N–H and O–H groups in total. The number of aliphatic imine (C=N–C) groups is 1. The molecule has 0 atom stereocenters. The molecular formula is C25H17FN2OS2. The van der Waals surface area contributed by atoms with Crippen LogP contribution in [0.4, 0.5) is 10.1 Å². The molecule has 1 amide bonds. The van der Waals surface area contributed by atoms with Crippen LogP contribution in [0.2, 0.25) is 0 Å². The highest BCUT2D eigenvalue weighted by Crippen LogP contribution is 2.41. The van der Waals surface area contributed by atoms with Crippen LogP contribution in [0.5, 0.6) is 0 Å². The van der Waals surface area contributed by atoms with Crippen LogP contribution in [0.25, 0.3) is 0 Å². The highest BCUT2D eigenvalue weighted by atomic mass is 32.2. The molecule has 1 aliphatic heterocycles. The first kappa shape index (κ1) is 19.7. The summed E-state index contributed by atoms with van der Waals surface area (Å²) in [6, 6.07) is 23.9. The maximum Gasteiger partial charge on any atom is 0.251 e. The molecule has 0 aliphatic carbocycles. The van der Waals surface area contributed by atoms with Crippen molar-refractivity contribution >= 4 is 40.4 Å². The monoisotopic (exact) mass is 444 g/mol. The first-order chi connectivity index (χ1) is 15.2. The maximum absolute atomic E-state index is 14.0. The second-order valence-corrected chi connectivity index (χ2v) is 9.13. The minimum absolute atomic E-state index is 0.148. The second kappa shape index (κ2) is 8.49. The lowest BCUT2D eigenvalue weighted by molar-refractivity contribution is 0.0951.